The summed E-state index contributed by atoms with van der Waals surface area (Å²) in [5.74, 6) is 0.741. The first-order valence-electron chi connectivity index (χ1n) is 8.00. The molecule has 116 valence electrons. The molecule has 1 aromatic carbocycles. The van der Waals surface area contributed by atoms with Gasteiger partial charge in [-0.15, -0.1) is 0 Å². The van der Waals surface area contributed by atoms with Crippen molar-refractivity contribution in [3.63, 3.8) is 0 Å². The van der Waals surface area contributed by atoms with Crippen LogP contribution in [-0.4, -0.2) is 30.9 Å². The van der Waals surface area contributed by atoms with E-state index in [2.05, 4.69) is 56.2 Å². The second kappa shape index (κ2) is 7.08. The summed E-state index contributed by atoms with van der Waals surface area (Å²) >= 11 is 0. The first-order chi connectivity index (χ1) is 9.95. The van der Waals surface area contributed by atoms with Gasteiger partial charge in [-0.05, 0) is 70.8 Å². The van der Waals surface area contributed by atoms with E-state index in [0.717, 1.165) is 25.9 Å². The number of amides is 1. The Morgan fingerprint density at radius 2 is 2.00 bits per heavy atom. The van der Waals surface area contributed by atoms with Crippen LogP contribution in [0.15, 0.2) is 18.2 Å². The maximum Gasteiger partial charge on any atom is 0.220 e. The van der Waals surface area contributed by atoms with Crippen molar-refractivity contribution >= 4 is 5.91 Å². The molecule has 0 saturated carbocycles. The normalized spacial score (nSPS) is 18.5. The molecule has 0 bridgehead atoms. The van der Waals surface area contributed by atoms with Crippen LogP contribution in [0.1, 0.15) is 48.9 Å². The molecule has 1 aliphatic heterocycles. The Labute approximate surface area is 128 Å². The quantitative estimate of drug-likeness (QED) is 0.922. The molecule has 1 saturated heterocycles. The van der Waals surface area contributed by atoms with Crippen LogP contribution in [0.25, 0.3) is 0 Å². The van der Waals surface area contributed by atoms with Gasteiger partial charge in [-0.3, -0.25) is 4.79 Å². The SMILES string of the molecule is Cc1ccc(C)c([C@H](C)NC(=O)CC2CCN(C)CC2)c1. The highest BCUT2D eigenvalue weighted by atomic mass is 16.1. The van der Waals surface area contributed by atoms with Gasteiger partial charge >= 0.3 is 0 Å². The standard InChI is InChI=1S/C18H28N2O/c1-13-5-6-14(2)17(11-13)15(3)19-18(21)12-16-7-9-20(4)10-8-16/h5-6,11,15-16H,7-10,12H2,1-4H3,(H,19,21)/t15-/m0/s1. The molecule has 1 aromatic rings. The lowest BCUT2D eigenvalue weighted by Crippen LogP contribution is -2.34. The van der Waals surface area contributed by atoms with E-state index in [0.29, 0.717) is 12.3 Å². The Bertz CT molecular complexity index is 490. The predicted molar refractivity (Wildman–Crippen MR) is 87.3 cm³/mol. The topological polar surface area (TPSA) is 32.3 Å². The van der Waals surface area contributed by atoms with Gasteiger partial charge in [0.05, 0.1) is 6.04 Å². The van der Waals surface area contributed by atoms with E-state index in [4.69, 9.17) is 0 Å². The Kier molecular flexibility index (Phi) is 5.40. The van der Waals surface area contributed by atoms with Gasteiger partial charge in [0.25, 0.3) is 0 Å². The van der Waals surface area contributed by atoms with Crippen LogP contribution in [0.2, 0.25) is 0 Å². The van der Waals surface area contributed by atoms with Crippen molar-refractivity contribution in [2.45, 2.75) is 46.1 Å². The minimum Gasteiger partial charge on any atom is -0.350 e. The molecule has 1 N–H and O–H groups in total. The molecular weight excluding hydrogens is 260 g/mol. The molecule has 1 amide bonds. The van der Waals surface area contributed by atoms with Crippen LogP contribution < -0.4 is 5.32 Å². The van der Waals surface area contributed by atoms with Gasteiger partial charge < -0.3 is 10.2 Å². The van der Waals surface area contributed by atoms with Gasteiger partial charge in [0.15, 0.2) is 0 Å². The minimum absolute atomic E-state index is 0.0867. The molecule has 0 spiro atoms. The summed E-state index contributed by atoms with van der Waals surface area (Å²) in [6.07, 6.45) is 2.95. The van der Waals surface area contributed by atoms with Crippen molar-refractivity contribution in [3.8, 4) is 0 Å². The zero-order valence-electron chi connectivity index (χ0n) is 13.8. The molecule has 0 aliphatic carbocycles. The largest absolute Gasteiger partial charge is 0.350 e. The second-order valence-corrected chi connectivity index (χ2v) is 6.60. The highest BCUT2D eigenvalue weighted by Crippen LogP contribution is 2.22. The maximum atomic E-state index is 12.2. The fourth-order valence-corrected chi connectivity index (χ4v) is 3.13. The Balaban J connectivity index is 1.88. The highest BCUT2D eigenvalue weighted by molar-refractivity contribution is 5.76. The molecular formula is C18H28N2O. The van der Waals surface area contributed by atoms with Gasteiger partial charge in [0.1, 0.15) is 0 Å². The monoisotopic (exact) mass is 288 g/mol. The van der Waals surface area contributed by atoms with Crippen LogP contribution in [0.4, 0.5) is 0 Å². The van der Waals surface area contributed by atoms with Crippen molar-refractivity contribution in [2.24, 2.45) is 5.92 Å². The molecule has 3 nitrogen and oxygen atoms in total. The second-order valence-electron chi connectivity index (χ2n) is 6.60. The number of piperidine rings is 1. The minimum atomic E-state index is 0.0867. The summed E-state index contributed by atoms with van der Waals surface area (Å²) in [6, 6.07) is 6.51. The summed E-state index contributed by atoms with van der Waals surface area (Å²) in [6.45, 7) is 8.51. The van der Waals surface area contributed by atoms with Gasteiger partial charge in [-0.2, -0.15) is 0 Å². The van der Waals surface area contributed by atoms with Crippen LogP contribution in [-0.2, 0) is 4.79 Å². The zero-order valence-corrected chi connectivity index (χ0v) is 13.8. The average molecular weight is 288 g/mol. The summed E-state index contributed by atoms with van der Waals surface area (Å²) in [5, 5.41) is 3.17. The molecule has 1 fully saturated rings. The molecule has 0 aromatic heterocycles. The van der Waals surface area contributed by atoms with Crippen LogP contribution >= 0.6 is 0 Å². The lowest BCUT2D eigenvalue weighted by atomic mass is 9.93. The molecule has 2 rings (SSSR count). The van der Waals surface area contributed by atoms with E-state index in [1.165, 1.54) is 16.7 Å². The number of nitrogens with one attached hydrogen (secondary N) is 1. The van der Waals surface area contributed by atoms with Crippen molar-refractivity contribution in [2.75, 3.05) is 20.1 Å². The van der Waals surface area contributed by atoms with E-state index in [9.17, 15) is 4.79 Å². The van der Waals surface area contributed by atoms with Gasteiger partial charge in [-0.25, -0.2) is 0 Å². The Morgan fingerprint density at radius 1 is 1.33 bits per heavy atom. The lowest BCUT2D eigenvalue weighted by Gasteiger charge is -2.29. The number of nitrogens with zero attached hydrogens (tertiary/aromatic N) is 1. The number of carbonyl (C=O) groups is 1. The number of aryl methyl sites for hydroxylation is 2. The summed E-state index contributed by atoms with van der Waals surface area (Å²) in [4.78, 5) is 14.6. The lowest BCUT2D eigenvalue weighted by molar-refractivity contribution is -0.123. The maximum absolute atomic E-state index is 12.2. The van der Waals surface area contributed by atoms with Crippen LogP contribution in [0, 0.1) is 19.8 Å². The van der Waals surface area contributed by atoms with Crippen LogP contribution in [0.5, 0.6) is 0 Å². The number of hydrogen-bond donors (Lipinski definition) is 1. The molecule has 1 aliphatic rings. The van der Waals surface area contributed by atoms with E-state index in [-0.39, 0.29) is 11.9 Å². The average Bonchev–Trinajstić information content (AvgIpc) is 2.44. The number of rotatable bonds is 4. The zero-order chi connectivity index (χ0) is 15.4. The summed E-state index contributed by atoms with van der Waals surface area (Å²) in [7, 11) is 2.15. The fourth-order valence-electron chi connectivity index (χ4n) is 3.13. The first-order valence-corrected chi connectivity index (χ1v) is 8.00. The smallest absolute Gasteiger partial charge is 0.220 e. The van der Waals surface area contributed by atoms with E-state index < -0.39 is 0 Å². The third-order valence-electron chi connectivity index (χ3n) is 4.59. The molecule has 0 unspecified atom stereocenters. The summed E-state index contributed by atoms with van der Waals surface area (Å²) in [5.41, 5.74) is 3.71. The molecule has 1 atom stereocenters. The summed E-state index contributed by atoms with van der Waals surface area (Å²) < 4.78 is 0. The predicted octanol–water partition coefficient (Wildman–Crippen LogP) is 3.21. The first kappa shape index (κ1) is 16.0. The number of carbonyl (C=O) groups excluding carboxylic acids is 1. The molecule has 1 heterocycles. The van der Waals surface area contributed by atoms with Crippen LogP contribution in [0.3, 0.4) is 0 Å². The molecule has 3 heteroatoms. The highest BCUT2D eigenvalue weighted by Gasteiger charge is 2.20. The van der Waals surface area contributed by atoms with E-state index in [1.54, 1.807) is 0 Å². The van der Waals surface area contributed by atoms with Crippen molar-refractivity contribution in [3.05, 3.63) is 34.9 Å². The third-order valence-corrected chi connectivity index (χ3v) is 4.59. The molecule has 0 radical (unpaired) electrons. The van der Waals surface area contributed by atoms with Crippen molar-refractivity contribution < 1.29 is 4.79 Å². The van der Waals surface area contributed by atoms with Crippen molar-refractivity contribution in [1.82, 2.24) is 10.2 Å². The van der Waals surface area contributed by atoms with E-state index >= 15 is 0 Å². The Morgan fingerprint density at radius 3 is 2.67 bits per heavy atom. The Hall–Kier alpha value is -1.35. The number of likely N-dealkylation sites (tertiary alicyclic amines) is 1. The number of benzene rings is 1. The fraction of sp³-hybridized carbons (Fsp3) is 0.611. The van der Waals surface area contributed by atoms with Gasteiger partial charge in [-0.1, -0.05) is 23.8 Å². The van der Waals surface area contributed by atoms with Gasteiger partial charge in [0.2, 0.25) is 5.91 Å². The number of hydrogen-bond acceptors (Lipinski definition) is 2. The molecule has 21 heavy (non-hydrogen) atoms. The van der Waals surface area contributed by atoms with Gasteiger partial charge in [0, 0.05) is 6.42 Å². The van der Waals surface area contributed by atoms with E-state index in [1.807, 2.05) is 0 Å². The third kappa shape index (κ3) is 4.57. The van der Waals surface area contributed by atoms with Crippen molar-refractivity contribution in [1.29, 1.82) is 0 Å².